The van der Waals surface area contributed by atoms with Crippen LogP contribution < -0.4 is 5.32 Å². The number of nitrogens with zero attached hydrogens (tertiary/aromatic N) is 5. The van der Waals surface area contributed by atoms with Crippen LogP contribution in [0.1, 0.15) is 42.6 Å². The standard InChI is InChI=1S/C20H24N6O/c1-2-14-26-19(23-24-25-26)18(22-12-9-17-21-13-15-27-17)20(10-6-11-20)16-7-4-3-5-8-16/h2-5,7-8,13,15,18,22H,1,6,9-12,14H2. The summed E-state index contributed by atoms with van der Waals surface area (Å²) in [7, 11) is 0. The maximum atomic E-state index is 5.37. The average Bonchev–Trinajstić information content (AvgIpc) is 3.33. The lowest BCUT2D eigenvalue weighted by Crippen LogP contribution is -2.48. The normalized spacial score (nSPS) is 16.6. The van der Waals surface area contributed by atoms with E-state index in [1.54, 1.807) is 12.5 Å². The van der Waals surface area contributed by atoms with Crippen LogP contribution in [-0.4, -0.2) is 31.7 Å². The van der Waals surface area contributed by atoms with Crippen LogP contribution in [0.15, 0.2) is 59.9 Å². The van der Waals surface area contributed by atoms with Crippen molar-refractivity contribution < 1.29 is 4.42 Å². The highest BCUT2D eigenvalue weighted by Gasteiger charge is 2.48. The van der Waals surface area contributed by atoms with Gasteiger partial charge in [-0.2, -0.15) is 0 Å². The van der Waals surface area contributed by atoms with E-state index in [9.17, 15) is 0 Å². The molecular formula is C20H24N6O. The molecule has 0 saturated heterocycles. The van der Waals surface area contributed by atoms with E-state index in [2.05, 4.69) is 62.7 Å². The molecule has 1 aliphatic rings. The summed E-state index contributed by atoms with van der Waals surface area (Å²) in [6.07, 6.45) is 9.24. The number of hydrogen-bond acceptors (Lipinski definition) is 6. The Morgan fingerprint density at radius 3 is 2.81 bits per heavy atom. The molecule has 3 aromatic rings. The fourth-order valence-corrected chi connectivity index (χ4v) is 3.98. The molecule has 0 aliphatic heterocycles. The number of oxazole rings is 1. The maximum Gasteiger partial charge on any atom is 0.195 e. The minimum atomic E-state index is -0.00845. The largest absolute Gasteiger partial charge is 0.449 e. The molecule has 0 spiro atoms. The molecule has 0 bridgehead atoms. The Kier molecular flexibility index (Phi) is 5.11. The Bertz CT molecular complexity index is 854. The summed E-state index contributed by atoms with van der Waals surface area (Å²) in [4.78, 5) is 4.21. The van der Waals surface area contributed by atoms with E-state index in [1.807, 2.05) is 10.8 Å². The third-order valence-electron chi connectivity index (χ3n) is 5.44. The first-order valence-corrected chi connectivity index (χ1v) is 9.38. The molecule has 1 unspecified atom stereocenters. The molecule has 1 N–H and O–H groups in total. The number of allylic oxidation sites excluding steroid dienone is 1. The van der Waals surface area contributed by atoms with Crippen LogP contribution in [0.3, 0.4) is 0 Å². The second-order valence-corrected chi connectivity index (χ2v) is 6.95. The highest BCUT2D eigenvalue weighted by molar-refractivity contribution is 5.32. The summed E-state index contributed by atoms with van der Waals surface area (Å²) in [5.41, 5.74) is 1.32. The second-order valence-electron chi connectivity index (χ2n) is 6.95. The van der Waals surface area contributed by atoms with Gasteiger partial charge in [-0.1, -0.05) is 42.8 Å². The number of benzene rings is 1. The molecule has 1 atom stereocenters. The predicted molar refractivity (Wildman–Crippen MR) is 101 cm³/mol. The first kappa shape index (κ1) is 17.6. The van der Waals surface area contributed by atoms with Gasteiger partial charge < -0.3 is 9.73 Å². The van der Waals surface area contributed by atoms with Gasteiger partial charge in [0.1, 0.15) is 6.26 Å². The van der Waals surface area contributed by atoms with Crippen molar-refractivity contribution in [1.82, 2.24) is 30.5 Å². The van der Waals surface area contributed by atoms with E-state index in [-0.39, 0.29) is 11.5 Å². The second kappa shape index (κ2) is 7.84. The van der Waals surface area contributed by atoms with Gasteiger partial charge >= 0.3 is 0 Å². The van der Waals surface area contributed by atoms with Crippen molar-refractivity contribution in [2.24, 2.45) is 0 Å². The minimum absolute atomic E-state index is 0.00845. The highest BCUT2D eigenvalue weighted by Crippen LogP contribution is 2.51. The van der Waals surface area contributed by atoms with Crippen LogP contribution in [0, 0.1) is 0 Å². The molecule has 2 heterocycles. The summed E-state index contributed by atoms with van der Waals surface area (Å²) >= 11 is 0. The van der Waals surface area contributed by atoms with Crippen molar-refractivity contribution in [3.05, 3.63) is 72.7 Å². The van der Waals surface area contributed by atoms with Crippen molar-refractivity contribution in [2.75, 3.05) is 6.54 Å². The highest BCUT2D eigenvalue weighted by atomic mass is 16.3. The quantitative estimate of drug-likeness (QED) is 0.588. The fraction of sp³-hybridized carbons (Fsp3) is 0.400. The molecule has 1 aliphatic carbocycles. The Labute approximate surface area is 158 Å². The third-order valence-corrected chi connectivity index (χ3v) is 5.44. The number of rotatable bonds is 9. The molecule has 1 aromatic carbocycles. The first-order chi connectivity index (χ1) is 13.3. The van der Waals surface area contributed by atoms with Crippen molar-refractivity contribution >= 4 is 0 Å². The summed E-state index contributed by atoms with van der Waals surface area (Å²) in [6, 6.07) is 10.7. The summed E-state index contributed by atoms with van der Waals surface area (Å²) < 4.78 is 7.20. The Hall–Kier alpha value is -2.80. The molecule has 140 valence electrons. The number of aromatic nitrogens is 5. The fourth-order valence-electron chi connectivity index (χ4n) is 3.98. The van der Waals surface area contributed by atoms with Gasteiger partial charge in [0.25, 0.3) is 0 Å². The lowest BCUT2D eigenvalue weighted by atomic mass is 9.59. The van der Waals surface area contributed by atoms with Crippen molar-refractivity contribution in [3.63, 3.8) is 0 Å². The average molecular weight is 364 g/mol. The molecule has 4 rings (SSSR count). The van der Waals surface area contributed by atoms with E-state index in [1.165, 1.54) is 12.0 Å². The zero-order chi connectivity index (χ0) is 18.5. The van der Waals surface area contributed by atoms with Gasteiger partial charge in [-0.3, -0.25) is 0 Å². The SMILES string of the molecule is C=CCn1nnnc1C(NCCc1ncco1)C1(c2ccccc2)CCC1. The molecule has 7 nitrogen and oxygen atoms in total. The topological polar surface area (TPSA) is 81.7 Å². The van der Waals surface area contributed by atoms with Crippen molar-refractivity contribution in [1.29, 1.82) is 0 Å². The van der Waals surface area contributed by atoms with E-state index in [0.717, 1.165) is 37.5 Å². The molecular weight excluding hydrogens is 340 g/mol. The lowest BCUT2D eigenvalue weighted by Gasteiger charge is -2.48. The number of tetrazole rings is 1. The summed E-state index contributed by atoms with van der Waals surface area (Å²) in [6.45, 7) is 5.15. The van der Waals surface area contributed by atoms with Crippen LogP contribution in [0.25, 0.3) is 0 Å². The van der Waals surface area contributed by atoms with Gasteiger partial charge in [-0.15, -0.1) is 11.7 Å². The van der Waals surface area contributed by atoms with Gasteiger partial charge in [0.05, 0.1) is 18.8 Å². The molecule has 27 heavy (non-hydrogen) atoms. The van der Waals surface area contributed by atoms with Gasteiger partial charge in [-0.05, 0) is 28.8 Å². The third kappa shape index (κ3) is 3.42. The molecule has 1 saturated carbocycles. The van der Waals surface area contributed by atoms with E-state index in [4.69, 9.17) is 4.42 Å². The lowest BCUT2D eigenvalue weighted by molar-refractivity contribution is 0.159. The molecule has 1 fully saturated rings. The monoisotopic (exact) mass is 364 g/mol. The summed E-state index contributed by atoms with van der Waals surface area (Å²) in [5, 5.41) is 16.2. The Morgan fingerprint density at radius 1 is 1.30 bits per heavy atom. The van der Waals surface area contributed by atoms with E-state index in [0.29, 0.717) is 6.54 Å². The Morgan fingerprint density at radius 2 is 2.15 bits per heavy atom. The van der Waals surface area contributed by atoms with Crippen LogP contribution in [0.5, 0.6) is 0 Å². The van der Waals surface area contributed by atoms with Crippen LogP contribution >= 0.6 is 0 Å². The van der Waals surface area contributed by atoms with Crippen LogP contribution in [0.4, 0.5) is 0 Å². The molecule has 0 amide bonds. The molecule has 7 heteroatoms. The minimum Gasteiger partial charge on any atom is -0.449 e. The van der Waals surface area contributed by atoms with Crippen molar-refractivity contribution in [3.8, 4) is 0 Å². The van der Waals surface area contributed by atoms with Crippen LogP contribution in [0.2, 0.25) is 0 Å². The van der Waals surface area contributed by atoms with Gasteiger partial charge in [0.15, 0.2) is 11.7 Å². The predicted octanol–water partition coefficient (Wildman–Crippen LogP) is 2.84. The van der Waals surface area contributed by atoms with Gasteiger partial charge in [-0.25, -0.2) is 9.67 Å². The maximum absolute atomic E-state index is 5.37. The van der Waals surface area contributed by atoms with Gasteiger partial charge in [0, 0.05) is 18.4 Å². The van der Waals surface area contributed by atoms with Gasteiger partial charge in [0.2, 0.25) is 0 Å². The zero-order valence-electron chi connectivity index (χ0n) is 15.3. The van der Waals surface area contributed by atoms with Crippen LogP contribution in [-0.2, 0) is 18.4 Å². The smallest absolute Gasteiger partial charge is 0.195 e. The number of hydrogen-bond donors (Lipinski definition) is 1. The van der Waals surface area contributed by atoms with E-state index < -0.39 is 0 Å². The first-order valence-electron chi connectivity index (χ1n) is 9.38. The zero-order valence-corrected chi connectivity index (χ0v) is 15.3. The Balaban J connectivity index is 1.64. The molecule has 2 aromatic heterocycles. The number of nitrogens with one attached hydrogen (secondary N) is 1. The summed E-state index contributed by atoms with van der Waals surface area (Å²) in [5.74, 6) is 1.58. The molecule has 0 radical (unpaired) electrons. The van der Waals surface area contributed by atoms with Crippen molar-refractivity contribution in [2.45, 2.75) is 43.7 Å². The van der Waals surface area contributed by atoms with E-state index >= 15 is 0 Å².